The Balaban J connectivity index is 3.34. The van der Waals surface area contributed by atoms with Crippen molar-refractivity contribution < 1.29 is 27.8 Å². The Morgan fingerprint density at radius 3 is 2.56 bits per heavy atom. The van der Waals surface area contributed by atoms with Crippen molar-refractivity contribution in [2.45, 2.75) is 12.8 Å². The van der Waals surface area contributed by atoms with Crippen molar-refractivity contribution in [2.24, 2.45) is 0 Å². The van der Waals surface area contributed by atoms with Crippen molar-refractivity contribution in [3.05, 3.63) is 27.7 Å². The average molecular weight is 324 g/mol. The van der Waals surface area contributed by atoms with Crippen LogP contribution in [0.1, 0.15) is 11.1 Å². The second kappa shape index (κ2) is 5.27. The van der Waals surface area contributed by atoms with E-state index >= 15 is 0 Å². The maximum Gasteiger partial charge on any atom is 0.573 e. The van der Waals surface area contributed by atoms with Gasteiger partial charge in [-0.15, -0.1) is 13.2 Å². The fourth-order valence-corrected chi connectivity index (χ4v) is 1.73. The first kappa shape index (κ1) is 14.3. The number of carbonyl (C=O) groups is 1. The summed E-state index contributed by atoms with van der Waals surface area (Å²) >= 11 is 2.96. The Labute approximate surface area is 108 Å². The zero-order valence-corrected chi connectivity index (χ0v) is 10.2. The second-order valence-corrected chi connectivity index (χ2v) is 3.98. The third-order valence-corrected chi connectivity index (χ3v) is 2.55. The van der Waals surface area contributed by atoms with E-state index < -0.39 is 24.5 Å². The Bertz CT molecular complexity index is 522. The molecule has 0 fully saturated rings. The molecule has 0 aliphatic heterocycles. The van der Waals surface area contributed by atoms with Gasteiger partial charge < -0.3 is 9.84 Å². The SMILES string of the molecule is N#Cc1c(Br)ccc(OC(F)(F)F)c1CC(=O)O. The average Bonchev–Trinajstić information content (AvgIpc) is 2.20. The zero-order valence-electron chi connectivity index (χ0n) is 8.58. The summed E-state index contributed by atoms with van der Waals surface area (Å²) in [5.74, 6) is -2.05. The van der Waals surface area contributed by atoms with Crippen LogP contribution in [0.3, 0.4) is 0 Å². The first-order valence-electron chi connectivity index (χ1n) is 4.43. The number of halogens is 4. The molecule has 0 saturated heterocycles. The lowest BCUT2D eigenvalue weighted by atomic mass is 10.0. The van der Waals surface area contributed by atoms with Crippen molar-refractivity contribution in [1.82, 2.24) is 0 Å². The number of carboxylic acid groups (broad SMARTS) is 1. The van der Waals surface area contributed by atoms with Gasteiger partial charge in [0.2, 0.25) is 0 Å². The summed E-state index contributed by atoms with van der Waals surface area (Å²) in [5, 5.41) is 17.5. The molecular weight excluding hydrogens is 319 g/mol. The molecule has 1 rings (SSSR count). The number of alkyl halides is 3. The standard InChI is InChI=1S/C10H5BrF3NO3/c11-7-1-2-8(18-10(12,13)14)5(3-9(16)17)6(7)4-15/h1-2H,3H2,(H,16,17). The van der Waals surface area contributed by atoms with Crippen LogP contribution in [0.5, 0.6) is 5.75 Å². The molecule has 0 unspecified atom stereocenters. The van der Waals surface area contributed by atoms with E-state index in [-0.39, 0.29) is 15.6 Å². The molecule has 1 N–H and O–H groups in total. The molecule has 0 aromatic heterocycles. The van der Waals surface area contributed by atoms with Crippen molar-refractivity contribution >= 4 is 21.9 Å². The van der Waals surface area contributed by atoms with Gasteiger partial charge in [0.1, 0.15) is 11.8 Å². The van der Waals surface area contributed by atoms with E-state index in [9.17, 15) is 18.0 Å². The molecule has 4 nitrogen and oxygen atoms in total. The number of benzene rings is 1. The molecule has 0 aliphatic rings. The van der Waals surface area contributed by atoms with Crippen molar-refractivity contribution in [3.8, 4) is 11.8 Å². The van der Waals surface area contributed by atoms with E-state index in [1.54, 1.807) is 6.07 Å². The minimum atomic E-state index is -4.95. The first-order valence-corrected chi connectivity index (χ1v) is 5.23. The summed E-state index contributed by atoms with van der Waals surface area (Å²) in [6, 6.07) is 3.78. The number of nitriles is 1. The molecule has 0 radical (unpaired) electrons. The summed E-state index contributed by atoms with van der Waals surface area (Å²) in [7, 11) is 0. The Morgan fingerprint density at radius 1 is 1.50 bits per heavy atom. The number of aliphatic carboxylic acids is 1. The molecule has 0 spiro atoms. The highest BCUT2D eigenvalue weighted by Gasteiger charge is 2.33. The van der Waals surface area contributed by atoms with Crippen LogP contribution in [0.25, 0.3) is 0 Å². The quantitative estimate of drug-likeness (QED) is 0.928. The normalized spacial score (nSPS) is 10.8. The van der Waals surface area contributed by atoms with E-state index in [4.69, 9.17) is 10.4 Å². The fourth-order valence-electron chi connectivity index (χ4n) is 1.27. The Kier molecular flexibility index (Phi) is 4.19. The largest absolute Gasteiger partial charge is 0.573 e. The number of hydrogen-bond donors (Lipinski definition) is 1. The highest BCUT2D eigenvalue weighted by Crippen LogP contribution is 2.32. The minimum Gasteiger partial charge on any atom is -0.481 e. The molecule has 8 heteroatoms. The first-order chi connectivity index (χ1) is 8.24. The molecule has 1 aromatic carbocycles. The Hall–Kier alpha value is -1.75. The van der Waals surface area contributed by atoms with E-state index in [0.29, 0.717) is 0 Å². The molecule has 96 valence electrons. The maximum atomic E-state index is 12.1. The number of carboxylic acids is 1. The smallest absolute Gasteiger partial charge is 0.481 e. The van der Waals surface area contributed by atoms with Gasteiger partial charge in [-0.25, -0.2) is 0 Å². The van der Waals surface area contributed by atoms with Gasteiger partial charge in [0.25, 0.3) is 0 Å². The van der Waals surface area contributed by atoms with E-state index in [1.165, 1.54) is 6.07 Å². The number of nitrogens with zero attached hydrogens (tertiary/aromatic N) is 1. The summed E-state index contributed by atoms with van der Waals surface area (Å²) in [6.07, 6.45) is -5.69. The van der Waals surface area contributed by atoms with Crippen LogP contribution in [-0.2, 0) is 11.2 Å². The maximum absolute atomic E-state index is 12.1. The van der Waals surface area contributed by atoms with Gasteiger partial charge in [0.15, 0.2) is 0 Å². The van der Waals surface area contributed by atoms with Crippen molar-refractivity contribution in [2.75, 3.05) is 0 Å². The predicted octanol–water partition coefficient (Wildman–Crippen LogP) is 2.85. The van der Waals surface area contributed by atoms with Crippen LogP contribution in [0.2, 0.25) is 0 Å². The lowest BCUT2D eigenvalue weighted by Crippen LogP contribution is -2.19. The summed E-state index contributed by atoms with van der Waals surface area (Å²) in [4.78, 5) is 10.6. The second-order valence-electron chi connectivity index (χ2n) is 3.13. The van der Waals surface area contributed by atoms with Gasteiger partial charge in [0, 0.05) is 10.0 Å². The summed E-state index contributed by atoms with van der Waals surface area (Å²) < 4.78 is 40.3. The summed E-state index contributed by atoms with van der Waals surface area (Å²) in [6.45, 7) is 0. The highest BCUT2D eigenvalue weighted by molar-refractivity contribution is 9.10. The van der Waals surface area contributed by atoms with E-state index in [2.05, 4.69) is 20.7 Å². The van der Waals surface area contributed by atoms with Crippen LogP contribution in [0.15, 0.2) is 16.6 Å². The van der Waals surface area contributed by atoms with Crippen molar-refractivity contribution in [3.63, 3.8) is 0 Å². The van der Waals surface area contributed by atoms with Crippen molar-refractivity contribution in [1.29, 1.82) is 5.26 Å². The zero-order chi connectivity index (χ0) is 13.9. The van der Waals surface area contributed by atoms with Gasteiger partial charge in [-0.3, -0.25) is 4.79 Å². The highest BCUT2D eigenvalue weighted by atomic mass is 79.9. The van der Waals surface area contributed by atoms with Gasteiger partial charge in [-0.2, -0.15) is 5.26 Å². The molecule has 0 aliphatic carbocycles. The van der Waals surface area contributed by atoms with E-state index in [1.807, 2.05) is 0 Å². The number of rotatable bonds is 3. The topological polar surface area (TPSA) is 70.3 Å². The minimum absolute atomic E-state index is 0.195. The Morgan fingerprint density at radius 2 is 2.11 bits per heavy atom. The molecular formula is C10H5BrF3NO3. The molecule has 0 atom stereocenters. The lowest BCUT2D eigenvalue weighted by molar-refractivity contribution is -0.274. The summed E-state index contributed by atoms with van der Waals surface area (Å²) in [5.41, 5.74) is -0.518. The molecule has 0 heterocycles. The van der Waals surface area contributed by atoms with Gasteiger partial charge >= 0.3 is 12.3 Å². The van der Waals surface area contributed by atoms with Gasteiger partial charge in [-0.05, 0) is 28.1 Å². The molecule has 1 aromatic rings. The number of hydrogen-bond acceptors (Lipinski definition) is 3. The van der Waals surface area contributed by atoms with Crippen LogP contribution in [0.4, 0.5) is 13.2 Å². The third-order valence-electron chi connectivity index (χ3n) is 1.88. The van der Waals surface area contributed by atoms with Crippen LogP contribution >= 0.6 is 15.9 Å². The third kappa shape index (κ3) is 3.63. The molecule has 0 saturated carbocycles. The van der Waals surface area contributed by atoms with E-state index in [0.717, 1.165) is 6.07 Å². The van der Waals surface area contributed by atoms with Crippen LogP contribution in [-0.4, -0.2) is 17.4 Å². The van der Waals surface area contributed by atoms with Crippen LogP contribution < -0.4 is 4.74 Å². The predicted molar refractivity (Wildman–Crippen MR) is 56.9 cm³/mol. The molecule has 18 heavy (non-hydrogen) atoms. The van der Waals surface area contributed by atoms with Crippen LogP contribution in [0, 0.1) is 11.3 Å². The monoisotopic (exact) mass is 323 g/mol. The van der Waals surface area contributed by atoms with Gasteiger partial charge in [-0.1, -0.05) is 0 Å². The van der Waals surface area contributed by atoms with Gasteiger partial charge in [0.05, 0.1) is 12.0 Å². The fraction of sp³-hybridized carbons (Fsp3) is 0.200. The molecule has 0 bridgehead atoms. The lowest BCUT2D eigenvalue weighted by Gasteiger charge is -2.14. The number of ether oxygens (including phenoxy) is 1. The molecule has 0 amide bonds.